The highest BCUT2D eigenvalue weighted by molar-refractivity contribution is 6.03. The van der Waals surface area contributed by atoms with Crippen molar-refractivity contribution in [2.24, 2.45) is 5.16 Å². The predicted molar refractivity (Wildman–Crippen MR) is 133 cm³/mol. The lowest BCUT2D eigenvalue weighted by atomic mass is 9.95. The minimum absolute atomic E-state index is 0.476. The first-order valence-corrected chi connectivity index (χ1v) is 11.4. The maximum Gasteiger partial charge on any atom is 0.142 e. The molecule has 0 aliphatic heterocycles. The van der Waals surface area contributed by atoms with Gasteiger partial charge in [-0.3, -0.25) is 0 Å². The Balaban J connectivity index is 1.53. The van der Waals surface area contributed by atoms with Crippen LogP contribution in [0.25, 0.3) is 16.9 Å². The first kappa shape index (κ1) is 21.1. The van der Waals surface area contributed by atoms with Crippen molar-refractivity contribution in [2.45, 2.75) is 32.8 Å². The molecular weight excluding hydrogens is 408 g/mol. The maximum atomic E-state index is 5.81. The van der Waals surface area contributed by atoms with Crippen LogP contribution in [-0.2, 0) is 17.9 Å². The highest BCUT2D eigenvalue weighted by Crippen LogP contribution is 2.34. The van der Waals surface area contributed by atoms with E-state index in [-0.39, 0.29) is 0 Å². The van der Waals surface area contributed by atoms with Crippen molar-refractivity contribution in [3.63, 3.8) is 0 Å². The van der Waals surface area contributed by atoms with Crippen molar-refractivity contribution in [2.75, 3.05) is 7.11 Å². The fraction of sp³-hybridized carbons (Fsp3) is 0.207. The Hall–Kier alpha value is -3.79. The van der Waals surface area contributed by atoms with Crippen LogP contribution in [0.15, 0.2) is 90.1 Å². The molecule has 0 spiro atoms. The number of fused-ring (bicyclic) bond motifs is 1. The Morgan fingerprint density at radius 1 is 0.879 bits per heavy atom. The summed E-state index contributed by atoms with van der Waals surface area (Å²) in [5, 5.41) is 4.59. The average Bonchev–Trinajstić information content (AvgIpc) is 3.26. The standard InChI is InChI=1S/C29H28N2O2/c1-21-11-13-22(14-12-21)20-33-30-27-9-6-10-28-26(27)19-29(23-7-4-3-5-8-23)31(28)24-15-17-25(32-2)18-16-24/h3-5,7-8,11-19H,6,9-10,20H2,1-2H3/b30-27-. The number of aryl methyl sites for hydroxylation is 1. The molecule has 3 aromatic carbocycles. The van der Waals surface area contributed by atoms with Gasteiger partial charge in [0.2, 0.25) is 0 Å². The van der Waals surface area contributed by atoms with Gasteiger partial charge >= 0.3 is 0 Å². The first-order chi connectivity index (χ1) is 16.2. The summed E-state index contributed by atoms with van der Waals surface area (Å²) in [6.45, 7) is 2.57. The normalized spacial score (nSPS) is 14.2. The number of hydrogen-bond acceptors (Lipinski definition) is 3. The molecule has 0 saturated carbocycles. The Kier molecular flexibility index (Phi) is 5.99. The third kappa shape index (κ3) is 4.42. The van der Waals surface area contributed by atoms with Crippen LogP contribution in [0.2, 0.25) is 0 Å². The number of nitrogens with zero attached hydrogens (tertiary/aromatic N) is 2. The third-order valence-electron chi connectivity index (χ3n) is 6.17. The summed E-state index contributed by atoms with van der Waals surface area (Å²) in [6.07, 6.45) is 2.97. The zero-order valence-electron chi connectivity index (χ0n) is 19.1. The SMILES string of the molecule is COc1ccc(-n2c(-c3ccccc3)cc3c2CCC/C3=N/OCc2ccc(C)cc2)cc1. The summed E-state index contributed by atoms with van der Waals surface area (Å²) < 4.78 is 7.73. The molecule has 4 heteroatoms. The molecule has 1 aromatic heterocycles. The molecule has 0 radical (unpaired) electrons. The van der Waals surface area contributed by atoms with Crippen LogP contribution in [0, 0.1) is 6.92 Å². The average molecular weight is 437 g/mol. The van der Waals surface area contributed by atoms with E-state index in [1.54, 1.807) is 7.11 Å². The van der Waals surface area contributed by atoms with Crippen LogP contribution in [0.4, 0.5) is 0 Å². The van der Waals surface area contributed by atoms with Crippen molar-refractivity contribution in [3.05, 3.63) is 107 Å². The van der Waals surface area contributed by atoms with Crippen molar-refractivity contribution >= 4 is 5.71 Å². The first-order valence-electron chi connectivity index (χ1n) is 11.4. The second-order valence-corrected chi connectivity index (χ2v) is 8.44. The summed E-state index contributed by atoms with van der Waals surface area (Å²) in [5.41, 5.74) is 9.33. The van der Waals surface area contributed by atoms with E-state index >= 15 is 0 Å². The molecule has 0 bridgehead atoms. The zero-order valence-corrected chi connectivity index (χ0v) is 19.1. The van der Waals surface area contributed by atoms with Gasteiger partial charge in [0, 0.05) is 16.9 Å². The molecular formula is C29H28N2O2. The number of benzene rings is 3. The van der Waals surface area contributed by atoms with E-state index in [9.17, 15) is 0 Å². The fourth-order valence-corrected chi connectivity index (χ4v) is 4.42. The molecule has 1 aliphatic carbocycles. The number of rotatable bonds is 6. The molecule has 4 aromatic rings. The van der Waals surface area contributed by atoms with E-state index in [1.165, 1.54) is 28.1 Å². The molecule has 5 rings (SSSR count). The quantitative estimate of drug-likeness (QED) is 0.315. The lowest BCUT2D eigenvalue weighted by Gasteiger charge is -2.19. The van der Waals surface area contributed by atoms with Gasteiger partial charge in [-0.1, -0.05) is 65.3 Å². The molecule has 0 N–H and O–H groups in total. The maximum absolute atomic E-state index is 5.81. The molecule has 0 fully saturated rings. The van der Waals surface area contributed by atoms with Crippen molar-refractivity contribution in [1.29, 1.82) is 0 Å². The highest BCUT2D eigenvalue weighted by atomic mass is 16.6. The highest BCUT2D eigenvalue weighted by Gasteiger charge is 2.24. The second-order valence-electron chi connectivity index (χ2n) is 8.44. The van der Waals surface area contributed by atoms with Crippen LogP contribution < -0.4 is 4.74 Å². The van der Waals surface area contributed by atoms with E-state index in [2.05, 4.69) is 89.4 Å². The number of hydrogen-bond donors (Lipinski definition) is 0. The zero-order chi connectivity index (χ0) is 22.6. The van der Waals surface area contributed by atoms with Gasteiger partial charge in [-0.25, -0.2) is 0 Å². The monoisotopic (exact) mass is 436 g/mol. The predicted octanol–water partition coefficient (Wildman–Crippen LogP) is 6.72. The van der Waals surface area contributed by atoms with Crippen LogP contribution in [-0.4, -0.2) is 17.4 Å². The minimum Gasteiger partial charge on any atom is -0.497 e. The molecule has 0 unspecified atom stereocenters. The van der Waals surface area contributed by atoms with Gasteiger partial charge in [0.05, 0.1) is 18.5 Å². The topological polar surface area (TPSA) is 35.8 Å². The number of methoxy groups -OCH3 is 1. The molecule has 0 atom stereocenters. The van der Waals surface area contributed by atoms with Crippen LogP contribution in [0.5, 0.6) is 5.75 Å². The van der Waals surface area contributed by atoms with Crippen LogP contribution >= 0.6 is 0 Å². The van der Waals surface area contributed by atoms with Gasteiger partial charge in [-0.05, 0) is 67.6 Å². The third-order valence-corrected chi connectivity index (χ3v) is 6.17. The van der Waals surface area contributed by atoms with Crippen LogP contribution in [0.1, 0.15) is 35.2 Å². The summed E-state index contributed by atoms with van der Waals surface area (Å²) >= 11 is 0. The van der Waals surface area contributed by atoms with Gasteiger partial charge in [0.1, 0.15) is 12.4 Å². The van der Waals surface area contributed by atoms with E-state index < -0.39 is 0 Å². The van der Waals surface area contributed by atoms with Crippen LogP contribution in [0.3, 0.4) is 0 Å². The Labute approximate surface area is 195 Å². The number of ether oxygens (including phenoxy) is 1. The van der Waals surface area contributed by atoms with Gasteiger partial charge in [0.15, 0.2) is 0 Å². The van der Waals surface area contributed by atoms with E-state index in [4.69, 9.17) is 9.57 Å². The van der Waals surface area contributed by atoms with E-state index in [1.807, 2.05) is 12.1 Å². The smallest absolute Gasteiger partial charge is 0.142 e. The fourth-order valence-electron chi connectivity index (χ4n) is 4.42. The molecule has 4 nitrogen and oxygen atoms in total. The molecule has 33 heavy (non-hydrogen) atoms. The van der Waals surface area contributed by atoms with Crippen molar-refractivity contribution in [3.8, 4) is 22.7 Å². The molecule has 1 aliphatic rings. The number of aromatic nitrogens is 1. The van der Waals surface area contributed by atoms with E-state index in [0.717, 1.165) is 42.0 Å². The van der Waals surface area contributed by atoms with Gasteiger partial charge in [-0.15, -0.1) is 0 Å². The molecule has 0 saturated heterocycles. The minimum atomic E-state index is 0.476. The lowest BCUT2D eigenvalue weighted by molar-refractivity contribution is 0.130. The Morgan fingerprint density at radius 2 is 1.64 bits per heavy atom. The van der Waals surface area contributed by atoms with Gasteiger partial charge in [0.25, 0.3) is 0 Å². The van der Waals surface area contributed by atoms with Crippen molar-refractivity contribution in [1.82, 2.24) is 4.57 Å². The van der Waals surface area contributed by atoms with Crippen molar-refractivity contribution < 1.29 is 9.57 Å². The Bertz CT molecular complexity index is 1250. The van der Waals surface area contributed by atoms with E-state index in [0.29, 0.717) is 6.61 Å². The summed E-state index contributed by atoms with van der Waals surface area (Å²) in [5.74, 6) is 0.854. The summed E-state index contributed by atoms with van der Waals surface area (Å²) in [7, 11) is 1.70. The Morgan fingerprint density at radius 3 is 2.36 bits per heavy atom. The summed E-state index contributed by atoms with van der Waals surface area (Å²) in [4.78, 5) is 5.81. The second kappa shape index (κ2) is 9.37. The number of oxime groups is 1. The largest absolute Gasteiger partial charge is 0.497 e. The lowest BCUT2D eigenvalue weighted by Crippen LogP contribution is -2.14. The molecule has 1 heterocycles. The van der Waals surface area contributed by atoms with Gasteiger partial charge in [-0.2, -0.15) is 0 Å². The summed E-state index contributed by atoms with van der Waals surface area (Å²) in [6, 6.07) is 29.4. The molecule has 0 amide bonds. The molecule has 166 valence electrons. The van der Waals surface area contributed by atoms with Gasteiger partial charge < -0.3 is 14.1 Å².